The lowest BCUT2D eigenvalue weighted by Gasteiger charge is -2.38. The van der Waals surface area contributed by atoms with E-state index in [1.807, 2.05) is 78.9 Å². The lowest BCUT2D eigenvalue weighted by Crippen LogP contribution is -2.43. The smallest absolute Gasteiger partial charge is 0.330 e. The van der Waals surface area contributed by atoms with Crippen LogP contribution in [-0.2, 0) is 19.9 Å². The number of aromatic amines is 1. The molecule has 0 aliphatic carbocycles. The molecule has 0 amide bonds. The number of aliphatic hydroxyl groups excluding tert-OH is 1. The van der Waals surface area contributed by atoms with Crippen molar-refractivity contribution < 1.29 is 28.9 Å². The lowest BCUT2D eigenvalue weighted by atomic mass is 9.79. The molecular formula is C36H43N3O8. The van der Waals surface area contributed by atoms with Crippen LogP contribution >= 0.6 is 0 Å². The van der Waals surface area contributed by atoms with Crippen LogP contribution in [0.5, 0.6) is 11.5 Å². The number of unbranched alkanes of at least 4 members (excludes halogenated alkanes) is 3. The van der Waals surface area contributed by atoms with E-state index in [9.17, 15) is 14.7 Å². The molecule has 1 fully saturated rings. The van der Waals surface area contributed by atoms with Crippen LogP contribution in [0.25, 0.3) is 0 Å². The Morgan fingerprint density at radius 3 is 2.21 bits per heavy atom. The van der Waals surface area contributed by atoms with Crippen molar-refractivity contribution in [2.24, 2.45) is 0 Å². The fraction of sp³-hybridized carbons (Fsp3) is 0.389. The molecule has 2 heterocycles. The molecule has 1 aliphatic rings. The highest BCUT2D eigenvalue weighted by molar-refractivity contribution is 5.57. The first-order valence-corrected chi connectivity index (χ1v) is 15.9. The Morgan fingerprint density at radius 2 is 1.60 bits per heavy atom. The van der Waals surface area contributed by atoms with Gasteiger partial charge in [-0.15, -0.1) is 0 Å². The van der Waals surface area contributed by atoms with Crippen LogP contribution in [0.2, 0.25) is 0 Å². The van der Waals surface area contributed by atoms with Crippen molar-refractivity contribution in [1.82, 2.24) is 15.0 Å². The van der Waals surface area contributed by atoms with E-state index in [1.54, 1.807) is 14.2 Å². The van der Waals surface area contributed by atoms with Crippen LogP contribution < -0.4 is 26.2 Å². The Kier molecular flexibility index (Phi) is 11.6. The first kappa shape index (κ1) is 34.1. The third-order valence-electron chi connectivity index (χ3n) is 8.40. The minimum atomic E-state index is -1.24. The van der Waals surface area contributed by atoms with Crippen molar-refractivity contribution in [2.45, 2.75) is 62.7 Å². The van der Waals surface area contributed by atoms with Gasteiger partial charge in [0.2, 0.25) is 0 Å². The Labute approximate surface area is 274 Å². The van der Waals surface area contributed by atoms with Gasteiger partial charge in [-0.05, 0) is 23.6 Å². The highest BCUT2D eigenvalue weighted by Crippen LogP contribution is 2.48. The fourth-order valence-electron chi connectivity index (χ4n) is 6.05. The van der Waals surface area contributed by atoms with Gasteiger partial charge in [0.25, 0.3) is 5.56 Å². The number of para-hydroxylation sites is 1. The number of methoxy groups -OCH3 is 2. The Balaban J connectivity index is 1.53. The molecule has 11 heteroatoms. The van der Waals surface area contributed by atoms with Crippen LogP contribution in [0, 0.1) is 0 Å². The average molecular weight is 646 g/mol. The summed E-state index contributed by atoms with van der Waals surface area (Å²) >= 11 is 0. The molecule has 4 aromatic rings. The molecular weight excluding hydrogens is 602 g/mol. The summed E-state index contributed by atoms with van der Waals surface area (Å²) in [6.45, 7) is 2.58. The third-order valence-corrected chi connectivity index (χ3v) is 8.40. The van der Waals surface area contributed by atoms with Gasteiger partial charge in [0.1, 0.15) is 17.8 Å². The molecule has 0 radical (unpaired) electrons. The van der Waals surface area contributed by atoms with Gasteiger partial charge < -0.3 is 24.1 Å². The van der Waals surface area contributed by atoms with E-state index in [0.717, 1.165) is 36.8 Å². The second-order valence-electron chi connectivity index (χ2n) is 11.4. The molecule has 1 aromatic heterocycles. The fourth-order valence-corrected chi connectivity index (χ4v) is 6.05. The SMILES string of the molecule is CCCCCCNO[C@@H]1[C@H](O)[C@@H](COC(c2ccccc2)(c2ccccc2)c2cccc(OC)c2OC)O[C@H]1n1ccc(=O)[nH]c1=O. The summed E-state index contributed by atoms with van der Waals surface area (Å²) in [6, 6.07) is 26.3. The number of H-pyrrole nitrogens is 1. The zero-order valence-electron chi connectivity index (χ0n) is 27.0. The first-order valence-electron chi connectivity index (χ1n) is 15.9. The van der Waals surface area contributed by atoms with Gasteiger partial charge in [0.15, 0.2) is 23.8 Å². The van der Waals surface area contributed by atoms with E-state index < -0.39 is 41.4 Å². The Hall–Kier alpha value is -4.26. The molecule has 5 rings (SSSR count). The lowest BCUT2D eigenvalue weighted by molar-refractivity contribution is -0.114. The van der Waals surface area contributed by atoms with Crippen molar-refractivity contribution in [3.63, 3.8) is 0 Å². The van der Waals surface area contributed by atoms with E-state index in [2.05, 4.69) is 17.4 Å². The molecule has 4 atom stereocenters. The molecule has 11 nitrogen and oxygen atoms in total. The van der Waals surface area contributed by atoms with Crippen LogP contribution in [0.1, 0.15) is 55.5 Å². The summed E-state index contributed by atoms with van der Waals surface area (Å²) in [5.41, 5.74) is 2.77. The van der Waals surface area contributed by atoms with E-state index in [0.29, 0.717) is 23.6 Å². The van der Waals surface area contributed by atoms with Gasteiger partial charge in [-0.2, -0.15) is 0 Å². The van der Waals surface area contributed by atoms with Crippen molar-refractivity contribution in [3.05, 3.63) is 129 Å². The summed E-state index contributed by atoms with van der Waals surface area (Å²) in [5.74, 6) is 1.01. The summed E-state index contributed by atoms with van der Waals surface area (Å²) < 4.78 is 26.1. The molecule has 47 heavy (non-hydrogen) atoms. The van der Waals surface area contributed by atoms with Crippen LogP contribution in [0.4, 0.5) is 0 Å². The number of hydroxylamine groups is 1. The average Bonchev–Trinajstić information content (AvgIpc) is 3.41. The maximum absolute atomic E-state index is 12.9. The number of rotatable bonds is 16. The molecule has 250 valence electrons. The largest absolute Gasteiger partial charge is 0.493 e. The van der Waals surface area contributed by atoms with E-state index in [1.165, 1.54) is 16.8 Å². The predicted molar refractivity (Wildman–Crippen MR) is 177 cm³/mol. The number of hydrogen-bond donors (Lipinski definition) is 3. The van der Waals surface area contributed by atoms with E-state index >= 15 is 0 Å². The van der Waals surface area contributed by atoms with Gasteiger partial charge in [-0.3, -0.25) is 19.2 Å². The molecule has 0 saturated carbocycles. The minimum absolute atomic E-state index is 0.115. The van der Waals surface area contributed by atoms with Gasteiger partial charge in [-0.25, -0.2) is 10.3 Å². The summed E-state index contributed by atoms with van der Waals surface area (Å²) in [4.78, 5) is 32.9. The van der Waals surface area contributed by atoms with Gasteiger partial charge in [0.05, 0.1) is 20.8 Å². The number of nitrogens with zero attached hydrogens (tertiary/aromatic N) is 1. The number of aromatic nitrogens is 2. The quantitative estimate of drug-likeness (QED) is 0.0927. The van der Waals surface area contributed by atoms with Gasteiger partial charge >= 0.3 is 5.69 Å². The van der Waals surface area contributed by atoms with Crippen LogP contribution in [-0.4, -0.2) is 60.3 Å². The maximum atomic E-state index is 12.9. The minimum Gasteiger partial charge on any atom is -0.493 e. The molecule has 3 aromatic carbocycles. The normalized spacial score (nSPS) is 19.5. The first-order chi connectivity index (χ1) is 22.9. The molecule has 1 saturated heterocycles. The number of aliphatic hydroxyl groups is 1. The van der Waals surface area contributed by atoms with Crippen molar-refractivity contribution >= 4 is 0 Å². The number of benzene rings is 3. The van der Waals surface area contributed by atoms with Gasteiger partial charge in [-0.1, -0.05) is 99.0 Å². The monoisotopic (exact) mass is 645 g/mol. The van der Waals surface area contributed by atoms with Crippen LogP contribution in [0.3, 0.4) is 0 Å². The third kappa shape index (κ3) is 7.34. The molecule has 0 unspecified atom stereocenters. The Morgan fingerprint density at radius 1 is 0.894 bits per heavy atom. The van der Waals surface area contributed by atoms with Crippen molar-refractivity contribution in [1.29, 1.82) is 0 Å². The number of nitrogens with one attached hydrogen (secondary N) is 2. The molecule has 0 bridgehead atoms. The maximum Gasteiger partial charge on any atom is 0.330 e. The molecule has 1 aliphatic heterocycles. The highest BCUT2D eigenvalue weighted by atomic mass is 16.7. The standard InChI is InChI=1S/C36H43N3O8/c1-4-5-6-13-22-37-47-33-31(41)29(46-34(33)39-23-21-30(40)38-35(39)42)24-45-36(25-15-9-7-10-16-25,26-17-11-8-12-18-26)27-19-14-20-28(43-2)32(27)44-3/h7-12,14-21,23,29,31,33-34,37,41H,4-6,13,22,24H2,1-3H3,(H,38,40,42)/t29-,31-,33-,34-/m1/s1. The highest BCUT2D eigenvalue weighted by Gasteiger charge is 2.49. The zero-order chi connectivity index (χ0) is 33.2. The molecule has 0 spiro atoms. The summed E-state index contributed by atoms with van der Waals surface area (Å²) in [6.07, 6.45) is 1.26. The Bertz CT molecular complexity index is 1640. The zero-order valence-corrected chi connectivity index (χ0v) is 27.0. The van der Waals surface area contributed by atoms with Gasteiger partial charge in [0, 0.05) is 24.4 Å². The summed E-state index contributed by atoms with van der Waals surface area (Å²) in [7, 11) is 3.16. The van der Waals surface area contributed by atoms with Crippen molar-refractivity contribution in [3.8, 4) is 11.5 Å². The number of hydrogen-bond acceptors (Lipinski definition) is 9. The second kappa shape index (κ2) is 16.0. The molecule has 3 N–H and O–H groups in total. The van der Waals surface area contributed by atoms with Crippen LogP contribution in [0.15, 0.2) is 101 Å². The number of ether oxygens (including phenoxy) is 4. The van der Waals surface area contributed by atoms with Crippen molar-refractivity contribution in [2.75, 3.05) is 27.4 Å². The summed E-state index contributed by atoms with van der Waals surface area (Å²) in [5, 5.41) is 11.7. The van der Waals surface area contributed by atoms with E-state index in [-0.39, 0.29) is 6.61 Å². The predicted octanol–water partition coefficient (Wildman–Crippen LogP) is 4.29. The topological polar surface area (TPSA) is 133 Å². The second-order valence-corrected chi connectivity index (χ2v) is 11.4. The van der Waals surface area contributed by atoms with E-state index in [4.69, 9.17) is 23.8 Å².